The zero-order valence-corrected chi connectivity index (χ0v) is 10.5. The second-order valence-electron chi connectivity index (χ2n) is 4.07. The van der Waals surface area contributed by atoms with E-state index < -0.39 is 0 Å². The molecule has 0 saturated carbocycles. The number of hydrogen-bond donors (Lipinski definition) is 1. The molecule has 0 radical (unpaired) electrons. The number of anilines is 1. The van der Waals surface area contributed by atoms with Crippen LogP contribution in [0.4, 0.5) is 5.95 Å². The van der Waals surface area contributed by atoms with Crippen LogP contribution in [0.3, 0.4) is 0 Å². The maximum absolute atomic E-state index is 12.1. The molecule has 0 aliphatic rings. The molecule has 0 spiro atoms. The Morgan fingerprint density at radius 1 is 0.950 bits per heavy atom. The molecule has 3 rings (SSSR count). The fraction of sp³-hybridized carbons (Fsp3) is 0. The highest BCUT2D eigenvalue weighted by Crippen LogP contribution is 2.11. The van der Waals surface area contributed by atoms with Crippen LogP contribution in [-0.4, -0.2) is 26.1 Å². The molecule has 0 saturated heterocycles. The summed E-state index contributed by atoms with van der Waals surface area (Å²) in [5.41, 5.74) is 1.33. The Hall–Kier alpha value is -3.02. The van der Waals surface area contributed by atoms with E-state index in [9.17, 15) is 4.79 Å². The monoisotopic (exact) mass is 265 g/mol. The highest BCUT2D eigenvalue weighted by molar-refractivity contribution is 6.03. The number of carbonyl (C=O) groups excluding carboxylic acids is 1. The molecule has 0 aliphatic heterocycles. The average Bonchev–Trinajstić information content (AvgIpc) is 2.97. The Morgan fingerprint density at radius 3 is 2.30 bits per heavy atom. The van der Waals surface area contributed by atoms with Crippen LogP contribution in [-0.2, 0) is 0 Å². The van der Waals surface area contributed by atoms with Gasteiger partial charge in [-0.1, -0.05) is 41.5 Å². The molecule has 3 aromatic rings. The molecule has 6 heteroatoms. The molecule has 1 heterocycles. The minimum Gasteiger partial charge on any atom is -0.289 e. The van der Waals surface area contributed by atoms with Crippen LogP contribution in [0.2, 0.25) is 0 Å². The summed E-state index contributed by atoms with van der Waals surface area (Å²) in [5, 5.41) is 14.0. The molecule has 2 aromatic carbocycles. The van der Waals surface area contributed by atoms with Crippen LogP contribution in [0, 0.1) is 0 Å². The van der Waals surface area contributed by atoms with Crippen molar-refractivity contribution in [2.24, 2.45) is 0 Å². The third-order valence-electron chi connectivity index (χ3n) is 2.73. The van der Waals surface area contributed by atoms with Crippen LogP contribution in [0.25, 0.3) is 5.69 Å². The van der Waals surface area contributed by atoms with Gasteiger partial charge in [-0.2, -0.15) is 4.68 Å². The van der Waals surface area contributed by atoms with Crippen molar-refractivity contribution in [3.63, 3.8) is 0 Å². The van der Waals surface area contributed by atoms with E-state index >= 15 is 0 Å². The van der Waals surface area contributed by atoms with Gasteiger partial charge in [0.25, 0.3) is 11.9 Å². The molecular formula is C14H11N5O. The topological polar surface area (TPSA) is 72.7 Å². The van der Waals surface area contributed by atoms with Crippen LogP contribution >= 0.6 is 0 Å². The minimum absolute atomic E-state index is 0.252. The number of hydrogen-bond acceptors (Lipinski definition) is 4. The van der Waals surface area contributed by atoms with Gasteiger partial charge in [0.15, 0.2) is 0 Å². The van der Waals surface area contributed by atoms with Crippen LogP contribution < -0.4 is 5.32 Å². The van der Waals surface area contributed by atoms with Gasteiger partial charge in [0.1, 0.15) is 0 Å². The number of aromatic nitrogens is 4. The van der Waals surface area contributed by atoms with Crippen molar-refractivity contribution in [2.45, 2.75) is 0 Å². The maximum Gasteiger partial charge on any atom is 0.258 e. The lowest BCUT2D eigenvalue weighted by Gasteiger charge is -2.05. The van der Waals surface area contributed by atoms with E-state index in [4.69, 9.17) is 0 Å². The van der Waals surface area contributed by atoms with Gasteiger partial charge in [-0.15, -0.1) is 0 Å². The maximum atomic E-state index is 12.1. The van der Waals surface area contributed by atoms with Gasteiger partial charge in [-0.3, -0.25) is 10.1 Å². The van der Waals surface area contributed by atoms with Crippen molar-refractivity contribution in [1.82, 2.24) is 20.2 Å². The van der Waals surface area contributed by atoms with E-state index in [1.807, 2.05) is 36.4 Å². The molecule has 1 aromatic heterocycles. The normalized spacial score (nSPS) is 10.2. The lowest BCUT2D eigenvalue weighted by Crippen LogP contribution is -2.15. The Bertz CT molecular complexity index is 709. The van der Waals surface area contributed by atoms with Crippen molar-refractivity contribution in [3.8, 4) is 5.69 Å². The third kappa shape index (κ3) is 2.39. The highest BCUT2D eigenvalue weighted by Gasteiger charge is 2.12. The van der Waals surface area contributed by atoms with Gasteiger partial charge < -0.3 is 0 Å². The molecule has 0 aliphatic carbocycles. The summed E-state index contributed by atoms with van der Waals surface area (Å²) < 4.78 is 1.47. The Labute approximate surface area is 115 Å². The molecule has 98 valence electrons. The predicted octanol–water partition coefficient (Wildman–Crippen LogP) is 1.91. The second-order valence-corrected chi connectivity index (χ2v) is 4.07. The summed E-state index contributed by atoms with van der Waals surface area (Å²) in [6.45, 7) is 0. The molecule has 0 atom stereocenters. The number of carbonyl (C=O) groups is 1. The zero-order valence-electron chi connectivity index (χ0n) is 10.5. The second kappa shape index (κ2) is 5.31. The van der Waals surface area contributed by atoms with Gasteiger partial charge in [0.2, 0.25) is 0 Å². The number of nitrogens with one attached hydrogen (secondary N) is 1. The largest absolute Gasteiger partial charge is 0.289 e. The number of para-hydroxylation sites is 1. The van der Waals surface area contributed by atoms with E-state index in [1.165, 1.54) is 4.68 Å². The zero-order chi connectivity index (χ0) is 13.8. The van der Waals surface area contributed by atoms with Crippen LogP contribution in [0.5, 0.6) is 0 Å². The fourth-order valence-electron chi connectivity index (χ4n) is 1.77. The standard InChI is InChI=1S/C14H11N5O/c20-13(11-7-3-1-4-8-11)15-14-16-17-18-19(14)12-9-5-2-6-10-12/h1-10H,(H,15,16,18,20). The molecule has 20 heavy (non-hydrogen) atoms. The number of rotatable bonds is 3. The quantitative estimate of drug-likeness (QED) is 0.785. The lowest BCUT2D eigenvalue weighted by atomic mass is 10.2. The van der Waals surface area contributed by atoms with Gasteiger partial charge in [0, 0.05) is 5.56 Å². The Balaban J connectivity index is 1.86. The third-order valence-corrected chi connectivity index (χ3v) is 2.73. The summed E-state index contributed by atoms with van der Waals surface area (Å²) in [7, 11) is 0. The van der Waals surface area contributed by atoms with Crippen molar-refractivity contribution in [3.05, 3.63) is 66.2 Å². The molecule has 1 amide bonds. The van der Waals surface area contributed by atoms with Gasteiger partial charge in [-0.05, 0) is 34.7 Å². The molecular weight excluding hydrogens is 254 g/mol. The first-order valence-electron chi connectivity index (χ1n) is 6.05. The predicted molar refractivity (Wildman–Crippen MR) is 73.5 cm³/mol. The van der Waals surface area contributed by atoms with Crippen LogP contribution in [0.1, 0.15) is 10.4 Å². The lowest BCUT2D eigenvalue weighted by molar-refractivity contribution is 0.102. The summed E-state index contributed by atoms with van der Waals surface area (Å²) in [6.07, 6.45) is 0. The van der Waals surface area contributed by atoms with Gasteiger partial charge >= 0.3 is 0 Å². The first kappa shape index (κ1) is 12.0. The van der Waals surface area contributed by atoms with Gasteiger partial charge in [0.05, 0.1) is 5.69 Å². The van der Waals surface area contributed by atoms with E-state index in [1.54, 1.807) is 24.3 Å². The fourth-order valence-corrected chi connectivity index (χ4v) is 1.77. The molecule has 0 bridgehead atoms. The molecule has 0 fully saturated rings. The smallest absolute Gasteiger partial charge is 0.258 e. The van der Waals surface area contributed by atoms with Gasteiger partial charge in [-0.25, -0.2) is 0 Å². The Kier molecular flexibility index (Phi) is 3.20. The number of tetrazole rings is 1. The van der Waals surface area contributed by atoms with E-state index in [0.29, 0.717) is 5.56 Å². The van der Waals surface area contributed by atoms with Crippen molar-refractivity contribution >= 4 is 11.9 Å². The van der Waals surface area contributed by atoms with E-state index in [-0.39, 0.29) is 11.9 Å². The number of nitrogens with zero attached hydrogens (tertiary/aromatic N) is 4. The van der Waals surface area contributed by atoms with Crippen molar-refractivity contribution in [1.29, 1.82) is 0 Å². The van der Waals surface area contributed by atoms with E-state index in [2.05, 4.69) is 20.8 Å². The first-order valence-corrected chi connectivity index (χ1v) is 6.05. The summed E-state index contributed by atoms with van der Waals surface area (Å²) in [6, 6.07) is 18.3. The SMILES string of the molecule is O=C(Nc1nnnn1-c1ccccc1)c1ccccc1. The molecule has 1 N–H and O–H groups in total. The highest BCUT2D eigenvalue weighted by atomic mass is 16.1. The Morgan fingerprint density at radius 2 is 1.60 bits per heavy atom. The van der Waals surface area contributed by atoms with Crippen LogP contribution in [0.15, 0.2) is 60.7 Å². The van der Waals surface area contributed by atoms with Crippen molar-refractivity contribution < 1.29 is 4.79 Å². The summed E-state index contributed by atoms with van der Waals surface area (Å²) >= 11 is 0. The first-order chi connectivity index (χ1) is 9.84. The minimum atomic E-state index is -0.252. The van der Waals surface area contributed by atoms with Crippen molar-refractivity contribution in [2.75, 3.05) is 5.32 Å². The molecule has 0 unspecified atom stereocenters. The average molecular weight is 265 g/mol. The summed E-state index contributed by atoms with van der Waals surface area (Å²) in [4.78, 5) is 12.1. The molecule has 6 nitrogen and oxygen atoms in total. The number of benzene rings is 2. The number of amides is 1. The van der Waals surface area contributed by atoms with E-state index in [0.717, 1.165) is 5.69 Å². The summed E-state index contributed by atoms with van der Waals surface area (Å²) in [5.74, 6) is 0.0302.